The summed E-state index contributed by atoms with van der Waals surface area (Å²) < 4.78 is 0. The first-order valence-electron chi connectivity index (χ1n) is 5.60. The molecule has 16 heavy (non-hydrogen) atoms. The zero-order valence-electron chi connectivity index (χ0n) is 10.1. The molecule has 0 saturated carbocycles. The minimum absolute atomic E-state index is 0.00339. The largest absolute Gasteiger partial charge is 0.481 e. The third-order valence-corrected chi connectivity index (χ3v) is 2.92. The lowest BCUT2D eigenvalue weighted by Gasteiger charge is -2.35. The summed E-state index contributed by atoms with van der Waals surface area (Å²) in [5.74, 6) is -1.05. The molecular weight excluding hydrogens is 206 g/mol. The number of likely N-dealkylation sites (tertiary alicyclic amines) is 1. The Morgan fingerprint density at radius 1 is 1.38 bits per heavy atom. The summed E-state index contributed by atoms with van der Waals surface area (Å²) in [4.78, 5) is 24.4. The van der Waals surface area contributed by atoms with E-state index in [1.54, 1.807) is 11.0 Å². The van der Waals surface area contributed by atoms with Gasteiger partial charge in [-0.1, -0.05) is 5.57 Å². The lowest BCUT2D eigenvalue weighted by Crippen LogP contribution is -2.45. The van der Waals surface area contributed by atoms with Crippen molar-refractivity contribution in [2.45, 2.75) is 39.7 Å². The highest BCUT2D eigenvalue weighted by Crippen LogP contribution is 2.23. The van der Waals surface area contributed by atoms with E-state index in [1.807, 2.05) is 20.8 Å². The SMILES string of the molecule is CC(C)=CC(=O)N1CCC(C(=O)O)CC1C. The summed E-state index contributed by atoms with van der Waals surface area (Å²) in [5.41, 5.74) is 0.970. The molecule has 0 aromatic rings. The fourth-order valence-electron chi connectivity index (χ4n) is 2.05. The standard InChI is InChI=1S/C12H19NO3/c1-8(2)6-11(14)13-5-4-10(12(15)16)7-9(13)3/h6,9-10H,4-5,7H2,1-3H3,(H,15,16). The molecular formula is C12H19NO3. The number of piperidine rings is 1. The first kappa shape index (κ1) is 12.7. The minimum atomic E-state index is -0.749. The number of hydrogen-bond acceptors (Lipinski definition) is 2. The number of nitrogens with zero attached hydrogens (tertiary/aromatic N) is 1. The van der Waals surface area contributed by atoms with E-state index in [0.717, 1.165) is 5.57 Å². The van der Waals surface area contributed by atoms with Crippen molar-refractivity contribution >= 4 is 11.9 Å². The van der Waals surface area contributed by atoms with Gasteiger partial charge in [-0.2, -0.15) is 0 Å². The van der Waals surface area contributed by atoms with Crippen molar-refractivity contribution in [3.63, 3.8) is 0 Å². The number of carbonyl (C=O) groups is 2. The molecule has 0 bridgehead atoms. The maximum atomic E-state index is 11.8. The molecule has 0 aromatic carbocycles. The van der Waals surface area contributed by atoms with Gasteiger partial charge in [0.15, 0.2) is 0 Å². The highest BCUT2D eigenvalue weighted by molar-refractivity contribution is 5.88. The molecule has 0 spiro atoms. The molecule has 4 heteroatoms. The van der Waals surface area contributed by atoms with Crippen molar-refractivity contribution < 1.29 is 14.7 Å². The lowest BCUT2D eigenvalue weighted by molar-refractivity contribution is -0.146. The van der Waals surface area contributed by atoms with Crippen LogP contribution < -0.4 is 0 Å². The Morgan fingerprint density at radius 2 is 2.00 bits per heavy atom. The zero-order valence-corrected chi connectivity index (χ0v) is 10.1. The number of aliphatic carboxylic acids is 1. The minimum Gasteiger partial charge on any atom is -0.481 e. The average Bonchev–Trinajstić information content (AvgIpc) is 2.15. The predicted molar refractivity (Wildman–Crippen MR) is 61.0 cm³/mol. The van der Waals surface area contributed by atoms with E-state index in [-0.39, 0.29) is 17.9 Å². The molecule has 2 atom stereocenters. The van der Waals surface area contributed by atoms with Gasteiger partial charge in [0, 0.05) is 18.7 Å². The van der Waals surface area contributed by atoms with E-state index < -0.39 is 5.97 Å². The highest BCUT2D eigenvalue weighted by atomic mass is 16.4. The molecule has 4 nitrogen and oxygen atoms in total. The van der Waals surface area contributed by atoms with Crippen molar-refractivity contribution in [3.8, 4) is 0 Å². The van der Waals surface area contributed by atoms with E-state index in [0.29, 0.717) is 19.4 Å². The lowest BCUT2D eigenvalue weighted by atomic mass is 9.91. The molecule has 1 aliphatic rings. The van der Waals surface area contributed by atoms with E-state index in [4.69, 9.17) is 5.11 Å². The molecule has 1 rings (SSSR count). The van der Waals surface area contributed by atoms with E-state index in [1.165, 1.54) is 0 Å². The van der Waals surface area contributed by atoms with Crippen LogP contribution in [0.1, 0.15) is 33.6 Å². The van der Waals surface area contributed by atoms with Crippen LogP contribution in [0, 0.1) is 5.92 Å². The third-order valence-electron chi connectivity index (χ3n) is 2.92. The third kappa shape index (κ3) is 3.08. The molecule has 1 N–H and O–H groups in total. The van der Waals surface area contributed by atoms with Gasteiger partial charge in [0.2, 0.25) is 5.91 Å². The Balaban J connectivity index is 2.64. The van der Waals surface area contributed by atoms with E-state index in [9.17, 15) is 9.59 Å². The van der Waals surface area contributed by atoms with Crippen molar-refractivity contribution in [2.24, 2.45) is 5.92 Å². The number of carboxylic acid groups (broad SMARTS) is 1. The zero-order chi connectivity index (χ0) is 12.3. The number of amides is 1. The summed E-state index contributed by atoms with van der Waals surface area (Å²) >= 11 is 0. The second-order valence-corrected chi connectivity index (χ2v) is 4.66. The molecule has 0 aromatic heterocycles. The number of rotatable bonds is 2. The van der Waals surface area contributed by atoms with Crippen molar-refractivity contribution in [1.82, 2.24) is 4.90 Å². The van der Waals surface area contributed by atoms with Gasteiger partial charge in [-0.25, -0.2) is 0 Å². The van der Waals surface area contributed by atoms with E-state index >= 15 is 0 Å². The van der Waals surface area contributed by atoms with Gasteiger partial charge in [0.05, 0.1) is 5.92 Å². The Bertz CT molecular complexity index is 318. The Hall–Kier alpha value is -1.32. The van der Waals surface area contributed by atoms with Crippen LogP contribution in [0.2, 0.25) is 0 Å². The van der Waals surface area contributed by atoms with Gasteiger partial charge in [-0.3, -0.25) is 9.59 Å². The molecule has 1 amide bonds. The molecule has 90 valence electrons. The molecule has 1 saturated heterocycles. The van der Waals surface area contributed by atoms with E-state index in [2.05, 4.69) is 0 Å². The number of allylic oxidation sites excluding steroid dienone is 1. The topological polar surface area (TPSA) is 57.6 Å². The highest BCUT2D eigenvalue weighted by Gasteiger charge is 2.31. The summed E-state index contributed by atoms with van der Waals surface area (Å²) in [7, 11) is 0. The Kier molecular flexibility index (Phi) is 4.10. The van der Waals surface area contributed by atoms with Crippen molar-refractivity contribution in [2.75, 3.05) is 6.54 Å². The van der Waals surface area contributed by atoms with Crippen molar-refractivity contribution in [1.29, 1.82) is 0 Å². The summed E-state index contributed by atoms with van der Waals surface area (Å²) in [6.07, 6.45) is 2.72. The molecule has 0 radical (unpaired) electrons. The van der Waals surface area contributed by atoms with Gasteiger partial charge in [0.25, 0.3) is 0 Å². The molecule has 1 fully saturated rings. The van der Waals surface area contributed by atoms with Crippen LogP contribution in [0.3, 0.4) is 0 Å². The first-order valence-corrected chi connectivity index (χ1v) is 5.60. The van der Waals surface area contributed by atoms with Gasteiger partial charge < -0.3 is 10.0 Å². The fraction of sp³-hybridized carbons (Fsp3) is 0.667. The number of carboxylic acids is 1. The van der Waals surface area contributed by atoms with Crippen LogP contribution in [-0.2, 0) is 9.59 Å². The van der Waals surface area contributed by atoms with Crippen LogP contribution in [0.15, 0.2) is 11.6 Å². The second kappa shape index (κ2) is 5.14. The molecule has 0 aliphatic carbocycles. The maximum Gasteiger partial charge on any atom is 0.306 e. The fourth-order valence-corrected chi connectivity index (χ4v) is 2.05. The average molecular weight is 225 g/mol. The number of hydrogen-bond donors (Lipinski definition) is 1. The summed E-state index contributed by atoms with van der Waals surface area (Å²) in [6.45, 7) is 6.21. The monoisotopic (exact) mass is 225 g/mol. The molecule has 1 heterocycles. The first-order chi connectivity index (χ1) is 7.41. The second-order valence-electron chi connectivity index (χ2n) is 4.66. The summed E-state index contributed by atoms with van der Waals surface area (Å²) in [6, 6.07) is 0.0120. The Morgan fingerprint density at radius 3 is 2.44 bits per heavy atom. The molecule has 2 unspecified atom stereocenters. The Labute approximate surface area is 95.9 Å². The quantitative estimate of drug-likeness (QED) is 0.727. The van der Waals surface area contributed by atoms with Gasteiger partial charge in [-0.05, 0) is 33.6 Å². The van der Waals surface area contributed by atoms with Crippen LogP contribution in [0.5, 0.6) is 0 Å². The van der Waals surface area contributed by atoms with Gasteiger partial charge >= 0.3 is 5.97 Å². The maximum absolute atomic E-state index is 11.8. The van der Waals surface area contributed by atoms with Crippen LogP contribution >= 0.6 is 0 Å². The van der Waals surface area contributed by atoms with Gasteiger partial charge in [-0.15, -0.1) is 0 Å². The molecule has 1 aliphatic heterocycles. The van der Waals surface area contributed by atoms with Crippen LogP contribution in [-0.4, -0.2) is 34.5 Å². The van der Waals surface area contributed by atoms with Crippen molar-refractivity contribution in [3.05, 3.63) is 11.6 Å². The van der Waals surface area contributed by atoms with Gasteiger partial charge in [0.1, 0.15) is 0 Å². The normalized spacial score (nSPS) is 25.1. The number of carbonyl (C=O) groups excluding carboxylic acids is 1. The van der Waals surface area contributed by atoms with Crippen LogP contribution in [0.4, 0.5) is 0 Å². The smallest absolute Gasteiger partial charge is 0.306 e. The van der Waals surface area contributed by atoms with Crippen LogP contribution in [0.25, 0.3) is 0 Å². The predicted octanol–water partition coefficient (Wildman–Crippen LogP) is 1.66. The summed E-state index contributed by atoms with van der Waals surface area (Å²) in [5, 5.41) is 8.91.